The van der Waals surface area contributed by atoms with Crippen LogP contribution in [-0.2, 0) is 4.79 Å². The number of carbonyl (C=O) groups is 2. The molecule has 2 heterocycles. The van der Waals surface area contributed by atoms with Crippen LogP contribution in [0.5, 0.6) is 0 Å². The molecule has 0 radical (unpaired) electrons. The second-order valence-electron chi connectivity index (χ2n) is 7.11. The van der Waals surface area contributed by atoms with Gasteiger partial charge in [-0.25, -0.2) is 0 Å². The number of amides is 2. The molecule has 0 spiro atoms. The summed E-state index contributed by atoms with van der Waals surface area (Å²) in [6.45, 7) is 5.05. The van der Waals surface area contributed by atoms with Crippen LogP contribution >= 0.6 is 0 Å². The summed E-state index contributed by atoms with van der Waals surface area (Å²) in [4.78, 5) is 29.1. The fourth-order valence-corrected chi connectivity index (χ4v) is 4.08. The van der Waals surface area contributed by atoms with Crippen LogP contribution in [0.1, 0.15) is 48.0 Å². The number of hydrogen-bond donors (Lipinski definition) is 1. The van der Waals surface area contributed by atoms with Crippen molar-refractivity contribution in [3.8, 4) is 0 Å². The summed E-state index contributed by atoms with van der Waals surface area (Å²) in [5.41, 5.74) is 7.04. The van der Waals surface area contributed by atoms with E-state index in [1.807, 2.05) is 36.1 Å². The van der Waals surface area contributed by atoms with Crippen molar-refractivity contribution in [1.29, 1.82) is 0 Å². The molecule has 2 saturated heterocycles. The fraction of sp³-hybridized carbons (Fsp3) is 0.579. The van der Waals surface area contributed by atoms with Gasteiger partial charge in [-0.3, -0.25) is 14.5 Å². The highest BCUT2D eigenvalue weighted by Gasteiger charge is 2.45. The van der Waals surface area contributed by atoms with Gasteiger partial charge in [-0.1, -0.05) is 24.1 Å². The van der Waals surface area contributed by atoms with Crippen LogP contribution in [0, 0.1) is 6.92 Å². The first-order valence-corrected chi connectivity index (χ1v) is 8.94. The molecular weight excluding hydrogens is 302 g/mol. The number of primary amides is 1. The average Bonchev–Trinajstić information content (AvgIpc) is 2.62. The second-order valence-corrected chi connectivity index (χ2v) is 7.11. The average molecular weight is 329 g/mol. The first-order valence-electron chi connectivity index (χ1n) is 8.94. The molecule has 0 saturated carbocycles. The van der Waals surface area contributed by atoms with Gasteiger partial charge in [-0.15, -0.1) is 0 Å². The number of rotatable bonds is 3. The molecule has 130 valence electrons. The van der Waals surface area contributed by atoms with Crippen molar-refractivity contribution in [2.24, 2.45) is 5.73 Å². The van der Waals surface area contributed by atoms with E-state index in [1.165, 1.54) is 6.42 Å². The molecule has 1 aromatic rings. The molecule has 2 aliphatic heterocycles. The summed E-state index contributed by atoms with van der Waals surface area (Å²) in [7, 11) is 0. The smallest absolute Gasteiger partial charge is 0.253 e. The Morgan fingerprint density at radius 3 is 2.29 bits per heavy atom. The van der Waals surface area contributed by atoms with E-state index >= 15 is 0 Å². The number of likely N-dealkylation sites (tertiary alicyclic amines) is 2. The van der Waals surface area contributed by atoms with Crippen LogP contribution in [0.4, 0.5) is 0 Å². The summed E-state index contributed by atoms with van der Waals surface area (Å²) in [6, 6.07) is 7.67. The Kier molecular flexibility index (Phi) is 4.90. The number of hydrogen-bond acceptors (Lipinski definition) is 3. The lowest BCUT2D eigenvalue weighted by Crippen LogP contribution is -2.63. The monoisotopic (exact) mass is 329 g/mol. The minimum Gasteiger partial charge on any atom is -0.368 e. The van der Waals surface area contributed by atoms with Crippen LogP contribution in [-0.4, -0.2) is 53.3 Å². The van der Waals surface area contributed by atoms with Crippen LogP contribution in [0.3, 0.4) is 0 Å². The molecule has 2 N–H and O–H groups in total. The molecule has 0 atom stereocenters. The molecule has 24 heavy (non-hydrogen) atoms. The first kappa shape index (κ1) is 17.0. The summed E-state index contributed by atoms with van der Waals surface area (Å²) >= 11 is 0. The van der Waals surface area contributed by atoms with E-state index in [0.717, 1.165) is 37.1 Å². The Morgan fingerprint density at radius 2 is 1.71 bits per heavy atom. The number of benzene rings is 1. The lowest BCUT2D eigenvalue weighted by atomic mass is 9.83. The van der Waals surface area contributed by atoms with E-state index in [1.54, 1.807) is 0 Å². The van der Waals surface area contributed by atoms with E-state index in [4.69, 9.17) is 5.73 Å². The minimum atomic E-state index is -0.566. The minimum absolute atomic E-state index is 0.0513. The number of carbonyl (C=O) groups excluding carboxylic acids is 2. The molecular formula is C19H27N3O2. The lowest BCUT2D eigenvalue weighted by molar-refractivity contribution is -0.134. The Morgan fingerprint density at radius 1 is 1.04 bits per heavy atom. The van der Waals surface area contributed by atoms with Crippen molar-refractivity contribution >= 4 is 11.8 Å². The van der Waals surface area contributed by atoms with Gasteiger partial charge in [-0.2, -0.15) is 0 Å². The van der Waals surface area contributed by atoms with Crippen molar-refractivity contribution in [1.82, 2.24) is 9.80 Å². The molecule has 0 bridgehead atoms. The van der Waals surface area contributed by atoms with E-state index < -0.39 is 5.54 Å². The SMILES string of the molecule is Cc1cccc(C(=O)N2CCC(C(N)=O)(N3CCCCC3)CC2)c1. The van der Waals surface area contributed by atoms with Gasteiger partial charge in [0.05, 0.1) is 0 Å². The molecule has 5 nitrogen and oxygen atoms in total. The van der Waals surface area contributed by atoms with Crippen molar-refractivity contribution in [3.63, 3.8) is 0 Å². The predicted molar refractivity (Wildman–Crippen MR) is 93.7 cm³/mol. The van der Waals surface area contributed by atoms with Gasteiger partial charge < -0.3 is 10.6 Å². The van der Waals surface area contributed by atoms with Gasteiger partial charge in [0.1, 0.15) is 5.54 Å². The predicted octanol–water partition coefficient (Wildman–Crippen LogP) is 1.94. The first-order chi connectivity index (χ1) is 11.5. The zero-order valence-electron chi connectivity index (χ0n) is 14.5. The molecule has 2 aliphatic rings. The number of piperidine rings is 2. The molecule has 3 rings (SSSR count). The molecule has 2 amide bonds. The molecule has 1 aromatic carbocycles. The second kappa shape index (κ2) is 6.93. The third kappa shape index (κ3) is 3.18. The highest BCUT2D eigenvalue weighted by molar-refractivity contribution is 5.95. The lowest BCUT2D eigenvalue weighted by Gasteiger charge is -2.48. The highest BCUT2D eigenvalue weighted by Crippen LogP contribution is 2.32. The van der Waals surface area contributed by atoms with Crippen LogP contribution in [0.15, 0.2) is 24.3 Å². The maximum Gasteiger partial charge on any atom is 0.253 e. The molecule has 2 fully saturated rings. The highest BCUT2D eigenvalue weighted by atomic mass is 16.2. The van der Waals surface area contributed by atoms with Crippen LogP contribution in [0.2, 0.25) is 0 Å². The fourth-order valence-electron chi connectivity index (χ4n) is 4.08. The zero-order valence-corrected chi connectivity index (χ0v) is 14.5. The summed E-state index contributed by atoms with van der Waals surface area (Å²) < 4.78 is 0. The van der Waals surface area contributed by atoms with Gasteiger partial charge in [0.25, 0.3) is 5.91 Å². The number of nitrogens with two attached hydrogens (primary N) is 1. The standard InChI is InChI=1S/C19H27N3O2/c1-15-6-5-7-16(14-15)17(23)21-12-8-19(9-13-21,18(20)24)22-10-3-2-4-11-22/h5-7,14H,2-4,8-13H2,1H3,(H2,20,24). The third-order valence-electron chi connectivity index (χ3n) is 5.56. The Labute approximate surface area is 143 Å². The molecule has 0 aromatic heterocycles. The van der Waals surface area contributed by atoms with Gasteiger partial charge in [-0.05, 0) is 57.8 Å². The molecule has 0 unspecified atom stereocenters. The van der Waals surface area contributed by atoms with Gasteiger partial charge in [0.15, 0.2) is 0 Å². The van der Waals surface area contributed by atoms with Crippen molar-refractivity contribution in [2.75, 3.05) is 26.2 Å². The number of aryl methyl sites for hydroxylation is 1. The summed E-state index contributed by atoms with van der Waals surface area (Å²) in [6.07, 6.45) is 4.75. The van der Waals surface area contributed by atoms with Gasteiger partial charge in [0, 0.05) is 18.7 Å². The quantitative estimate of drug-likeness (QED) is 0.921. The Balaban J connectivity index is 1.71. The normalized spacial score (nSPS) is 21.5. The van der Waals surface area contributed by atoms with Crippen molar-refractivity contribution in [3.05, 3.63) is 35.4 Å². The topological polar surface area (TPSA) is 66.6 Å². The van der Waals surface area contributed by atoms with Crippen LogP contribution < -0.4 is 5.73 Å². The third-order valence-corrected chi connectivity index (χ3v) is 5.56. The molecule has 5 heteroatoms. The molecule has 0 aliphatic carbocycles. The van der Waals surface area contributed by atoms with Crippen LogP contribution in [0.25, 0.3) is 0 Å². The summed E-state index contributed by atoms with van der Waals surface area (Å²) in [5, 5.41) is 0. The van der Waals surface area contributed by atoms with Gasteiger partial charge in [0.2, 0.25) is 5.91 Å². The van der Waals surface area contributed by atoms with Gasteiger partial charge >= 0.3 is 0 Å². The van der Waals surface area contributed by atoms with E-state index in [9.17, 15) is 9.59 Å². The Hall–Kier alpha value is -1.88. The largest absolute Gasteiger partial charge is 0.368 e. The van der Waals surface area contributed by atoms with E-state index in [-0.39, 0.29) is 11.8 Å². The maximum absolute atomic E-state index is 12.7. The summed E-state index contributed by atoms with van der Waals surface area (Å²) in [5.74, 6) is -0.178. The van der Waals surface area contributed by atoms with Crippen molar-refractivity contribution in [2.45, 2.75) is 44.6 Å². The zero-order chi connectivity index (χ0) is 17.2. The maximum atomic E-state index is 12.7. The number of nitrogens with zero attached hydrogens (tertiary/aromatic N) is 2. The van der Waals surface area contributed by atoms with Crippen molar-refractivity contribution < 1.29 is 9.59 Å². The Bertz CT molecular complexity index is 615. The van der Waals surface area contributed by atoms with E-state index in [0.29, 0.717) is 25.9 Å². The van der Waals surface area contributed by atoms with E-state index in [2.05, 4.69) is 4.90 Å².